The predicted molar refractivity (Wildman–Crippen MR) is 48.1 cm³/mol. The Balaban J connectivity index is 3.02. The van der Waals surface area contributed by atoms with Gasteiger partial charge in [-0.3, -0.25) is 0 Å². The van der Waals surface area contributed by atoms with Crippen LogP contribution in [0, 0.1) is 5.82 Å². The molecule has 0 spiro atoms. The Morgan fingerprint density at radius 2 is 2.23 bits per heavy atom. The number of carboxylic acids is 1. The highest BCUT2D eigenvalue weighted by Gasteiger charge is 2.02. The first-order valence-electron chi connectivity index (χ1n) is 3.46. The van der Waals surface area contributed by atoms with Crippen LogP contribution in [0.15, 0.2) is 24.3 Å². The van der Waals surface area contributed by atoms with Gasteiger partial charge in [-0.05, 0) is 12.1 Å². The van der Waals surface area contributed by atoms with Gasteiger partial charge in [0.1, 0.15) is 5.82 Å². The van der Waals surface area contributed by atoms with Crippen molar-refractivity contribution < 1.29 is 14.3 Å². The predicted octanol–water partition coefficient (Wildman–Crippen LogP) is 2.58. The number of hydrogen-bond acceptors (Lipinski definition) is 1. The van der Waals surface area contributed by atoms with Crippen LogP contribution in [-0.2, 0) is 4.79 Å². The topological polar surface area (TPSA) is 37.3 Å². The van der Waals surface area contributed by atoms with Crippen molar-refractivity contribution >= 4 is 23.6 Å². The fraction of sp³-hybridized carbons (Fsp3) is 0. The normalized spacial score (nSPS) is 10.6. The van der Waals surface area contributed by atoms with E-state index < -0.39 is 11.8 Å². The van der Waals surface area contributed by atoms with Crippen molar-refractivity contribution in [1.29, 1.82) is 0 Å². The zero-order chi connectivity index (χ0) is 9.84. The van der Waals surface area contributed by atoms with E-state index in [1.807, 2.05) is 0 Å². The molecule has 0 amide bonds. The molecular formula is C9H6ClFO2. The molecule has 1 rings (SSSR count). The van der Waals surface area contributed by atoms with Crippen LogP contribution in [0.1, 0.15) is 5.56 Å². The molecule has 0 atom stereocenters. The van der Waals surface area contributed by atoms with Crippen LogP contribution in [0.5, 0.6) is 0 Å². The summed E-state index contributed by atoms with van der Waals surface area (Å²) in [6.07, 6.45) is 2.01. The molecule has 13 heavy (non-hydrogen) atoms. The molecule has 0 saturated carbocycles. The van der Waals surface area contributed by atoms with Gasteiger partial charge in [-0.2, -0.15) is 0 Å². The zero-order valence-corrected chi connectivity index (χ0v) is 7.25. The number of hydrogen-bond donors (Lipinski definition) is 1. The van der Waals surface area contributed by atoms with Gasteiger partial charge in [0.15, 0.2) is 0 Å². The summed E-state index contributed by atoms with van der Waals surface area (Å²) in [6.45, 7) is 0. The molecule has 1 N–H and O–H groups in total. The van der Waals surface area contributed by atoms with E-state index in [2.05, 4.69) is 0 Å². The van der Waals surface area contributed by atoms with Gasteiger partial charge in [-0.15, -0.1) is 0 Å². The maximum absolute atomic E-state index is 13.1. The highest BCUT2D eigenvalue weighted by molar-refractivity contribution is 6.30. The highest BCUT2D eigenvalue weighted by atomic mass is 35.5. The Morgan fingerprint density at radius 3 is 2.85 bits per heavy atom. The van der Waals surface area contributed by atoms with Gasteiger partial charge in [0.2, 0.25) is 0 Å². The van der Waals surface area contributed by atoms with Gasteiger partial charge in [0, 0.05) is 11.6 Å². The van der Waals surface area contributed by atoms with Crippen LogP contribution in [0.4, 0.5) is 4.39 Å². The van der Waals surface area contributed by atoms with Crippen molar-refractivity contribution in [2.24, 2.45) is 0 Å². The summed E-state index contributed by atoms with van der Waals surface area (Å²) in [5.41, 5.74) is 0.162. The van der Waals surface area contributed by atoms with Crippen LogP contribution >= 0.6 is 11.6 Å². The molecule has 0 aromatic heterocycles. The van der Waals surface area contributed by atoms with Gasteiger partial charge in [0.25, 0.3) is 0 Å². The number of aliphatic carboxylic acids is 1. The van der Waals surface area contributed by atoms with Crippen molar-refractivity contribution in [3.63, 3.8) is 0 Å². The average molecular weight is 201 g/mol. The van der Waals surface area contributed by atoms with Crippen LogP contribution in [-0.4, -0.2) is 11.1 Å². The van der Waals surface area contributed by atoms with E-state index in [-0.39, 0.29) is 10.6 Å². The van der Waals surface area contributed by atoms with E-state index in [0.29, 0.717) is 0 Å². The Kier molecular flexibility index (Phi) is 3.03. The summed E-state index contributed by atoms with van der Waals surface area (Å²) < 4.78 is 13.1. The third-order valence-corrected chi connectivity index (χ3v) is 1.68. The molecule has 0 radical (unpaired) electrons. The lowest BCUT2D eigenvalue weighted by Crippen LogP contribution is -1.88. The standard InChI is InChI=1S/C9H6ClFO2/c10-7-3-1-2-6(9(7)11)4-5-8(12)13/h1-5H,(H,12,13). The average Bonchev–Trinajstić information content (AvgIpc) is 2.07. The molecule has 0 fully saturated rings. The summed E-state index contributed by atoms with van der Waals surface area (Å²) in [5, 5.41) is 8.27. The third-order valence-electron chi connectivity index (χ3n) is 1.39. The SMILES string of the molecule is O=C(O)C=Cc1cccc(Cl)c1F. The molecule has 0 saturated heterocycles. The van der Waals surface area contributed by atoms with E-state index >= 15 is 0 Å². The second-order valence-electron chi connectivity index (χ2n) is 2.31. The van der Waals surface area contributed by atoms with Gasteiger partial charge >= 0.3 is 5.97 Å². The molecular weight excluding hydrogens is 195 g/mol. The first kappa shape index (κ1) is 9.74. The first-order chi connectivity index (χ1) is 6.11. The Hall–Kier alpha value is -1.35. The molecule has 2 nitrogen and oxygen atoms in total. The molecule has 0 aliphatic rings. The fourth-order valence-electron chi connectivity index (χ4n) is 0.810. The molecule has 0 bridgehead atoms. The lowest BCUT2D eigenvalue weighted by molar-refractivity contribution is -0.131. The van der Waals surface area contributed by atoms with Crippen LogP contribution in [0.2, 0.25) is 5.02 Å². The van der Waals surface area contributed by atoms with Gasteiger partial charge in [-0.1, -0.05) is 23.7 Å². The maximum atomic E-state index is 13.1. The number of carbonyl (C=O) groups is 1. The van der Waals surface area contributed by atoms with Crippen molar-refractivity contribution in [3.05, 3.63) is 40.7 Å². The molecule has 0 unspecified atom stereocenters. The van der Waals surface area contributed by atoms with Crippen molar-refractivity contribution in [3.8, 4) is 0 Å². The van der Waals surface area contributed by atoms with Gasteiger partial charge in [0.05, 0.1) is 5.02 Å². The first-order valence-corrected chi connectivity index (χ1v) is 3.84. The van der Waals surface area contributed by atoms with E-state index in [9.17, 15) is 9.18 Å². The summed E-state index contributed by atoms with van der Waals surface area (Å²) in [7, 11) is 0. The molecule has 1 aromatic carbocycles. The van der Waals surface area contributed by atoms with Crippen molar-refractivity contribution in [2.75, 3.05) is 0 Å². The van der Waals surface area contributed by atoms with Crippen LogP contribution < -0.4 is 0 Å². The Morgan fingerprint density at radius 1 is 1.54 bits per heavy atom. The number of carboxylic acid groups (broad SMARTS) is 1. The molecule has 68 valence electrons. The third kappa shape index (κ3) is 2.56. The van der Waals surface area contributed by atoms with E-state index in [4.69, 9.17) is 16.7 Å². The minimum atomic E-state index is -1.13. The molecule has 0 aliphatic carbocycles. The Bertz CT molecular complexity index is 361. The quantitative estimate of drug-likeness (QED) is 0.745. The number of halogens is 2. The Labute approximate surface area is 79.3 Å². The highest BCUT2D eigenvalue weighted by Crippen LogP contribution is 2.18. The minimum absolute atomic E-state index is 0.0208. The smallest absolute Gasteiger partial charge is 0.328 e. The summed E-state index contributed by atoms with van der Waals surface area (Å²) >= 11 is 5.47. The van der Waals surface area contributed by atoms with Crippen LogP contribution in [0.25, 0.3) is 6.08 Å². The maximum Gasteiger partial charge on any atom is 0.328 e. The van der Waals surface area contributed by atoms with E-state index in [0.717, 1.165) is 12.2 Å². The zero-order valence-electron chi connectivity index (χ0n) is 6.50. The summed E-state index contributed by atoms with van der Waals surface area (Å²) in [4.78, 5) is 10.1. The number of benzene rings is 1. The molecule has 4 heteroatoms. The summed E-state index contributed by atoms with van der Waals surface area (Å²) in [6, 6.07) is 4.39. The molecule has 1 aromatic rings. The largest absolute Gasteiger partial charge is 0.478 e. The second kappa shape index (κ2) is 4.05. The van der Waals surface area contributed by atoms with E-state index in [1.54, 1.807) is 6.07 Å². The van der Waals surface area contributed by atoms with Gasteiger partial charge < -0.3 is 5.11 Å². The molecule has 0 heterocycles. The number of rotatable bonds is 2. The fourth-order valence-corrected chi connectivity index (χ4v) is 0.992. The minimum Gasteiger partial charge on any atom is -0.478 e. The molecule has 0 aliphatic heterocycles. The van der Waals surface area contributed by atoms with Gasteiger partial charge in [-0.25, -0.2) is 9.18 Å². The van der Waals surface area contributed by atoms with E-state index in [1.165, 1.54) is 12.1 Å². The van der Waals surface area contributed by atoms with Crippen molar-refractivity contribution in [1.82, 2.24) is 0 Å². The monoisotopic (exact) mass is 200 g/mol. The lowest BCUT2D eigenvalue weighted by atomic mass is 10.2. The second-order valence-corrected chi connectivity index (χ2v) is 2.72. The summed E-state index contributed by atoms with van der Waals surface area (Å²) in [5.74, 6) is -1.74. The lowest BCUT2D eigenvalue weighted by Gasteiger charge is -1.97. The van der Waals surface area contributed by atoms with Crippen molar-refractivity contribution in [2.45, 2.75) is 0 Å². The van der Waals surface area contributed by atoms with Crippen LogP contribution in [0.3, 0.4) is 0 Å².